The summed E-state index contributed by atoms with van der Waals surface area (Å²) in [6.45, 7) is 6.45. The molecule has 0 spiro atoms. The predicted molar refractivity (Wildman–Crippen MR) is 180 cm³/mol. The van der Waals surface area contributed by atoms with Crippen LogP contribution in [-0.2, 0) is 11.2 Å². The van der Waals surface area contributed by atoms with Gasteiger partial charge in [0.15, 0.2) is 11.5 Å². The summed E-state index contributed by atoms with van der Waals surface area (Å²) in [7, 11) is 8.29. The van der Waals surface area contributed by atoms with Crippen LogP contribution in [0.4, 0.5) is 5.69 Å². The van der Waals surface area contributed by atoms with Crippen LogP contribution in [0, 0.1) is 0 Å². The maximum absolute atomic E-state index is 13.9. The van der Waals surface area contributed by atoms with Crippen molar-refractivity contribution in [3.8, 4) is 11.5 Å². The minimum atomic E-state index is -0.327. The Morgan fingerprint density at radius 2 is 1.55 bits per heavy atom. The molecule has 0 N–H and O–H groups in total. The van der Waals surface area contributed by atoms with Gasteiger partial charge in [-0.2, -0.15) is 0 Å². The quantitative estimate of drug-likeness (QED) is 0.230. The maximum atomic E-state index is 13.9. The van der Waals surface area contributed by atoms with Crippen LogP contribution in [0.1, 0.15) is 87.2 Å². The zero-order valence-corrected chi connectivity index (χ0v) is 28.1. The van der Waals surface area contributed by atoms with Crippen molar-refractivity contribution in [1.82, 2.24) is 9.80 Å². The van der Waals surface area contributed by atoms with Crippen molar-refractivity contribution in [1.29, 1.82) is 0 Å². The van der Waals surface area contributed by atoms with Crippen molar-refractivity contribution in [2.75, 3.05) is 33.2 Å². The molecule has 6 nitrogen and oxygen atoms in total. The van der Waals surface area contributed by atoms with Gasteiger partial charge in [-0.15, -0.1) is 0 Å². The lowest BCUT2D eigenvalue weighted by atomic mass is 9.86. The fourth-order valence-corrected chi connectivity index (χ4v) is 6.95. The van der Waals surface area contributed by atoms with Gasteiger partial charge < -0.3 is 19.3 Å². The number of nitrogens with zero attached hydrogens (tertiary/aromatic N) is 3. The van der Waals surface area contributed by atoms with Crippen LogP contribution in [0.25, 0.3) is 0 Å². The second kappa shape index (κ2) is 13.9. The van der Waals surface area contributed by atoms with E-state index in [1.165, 1.54) is 31.2 Å². The van der Waals surface area contributed by atoms with E-state index in [0.29, 0.717) is 28.6 Å². The lowest BCUT2D eigenvalue weighted by molar-refractivity contribution is -0.118. The van der Waals surface area contributed by atoms with Gasteiger partial charge in [-0.05, 0) is 126 Å². The number of carbonyl (C=O) groups is 1. The number of carbonyl (C=O) groups excluding carboxylic acids is 1. The Hall–Kier alpha value is -3.06. The van der Waals surface area contributed by atoms with Gasteiger partial charge >= 0.3 is 0 Å². The van der Waals surface area contributed by atoms with Gasteiger partial charge in [0.25, 0.3) is 0 Å². The van der Waals surface area contributed by atoms with E-state index in [9.17, 15) is 4.79 Å². The number of rotatable bonds is 10. The maximum Gasteiger partial charge on any atom is 0.232 e. The molecule has 0 bridgehead atoms. The fraction of sp³-hybridized carbons (Fsp3) is 0.486. The molecule has 2 unspecified atom stereocenters. The second-order valence-corrected chi connectivity index (χ2v) is 13.2. The van der Waals surface area contributed by atoms with E-state index in [-0.39, 0.29) is 30.5 Å². The number of methoxy groups -OCH3 is 1. The average Bonchev–Trinajstić information content (AvgIpc) is 3.04. The van der Waals surface area contributed by atoms with Crippen LogP contribution < -0.4 is 14.4 Å². The van der Waals surface area contributed by atoms with Crippen LogP contribution >= 0.6 is 11.6 Å². The van der Waals surface area contributed by atoms with Gasteiger partial charge in [-0.1, -0.05) is 42.8 Å². The Balaban J connectivity index is 1.46. The van der Waals surface area contributed by atoms with Crippen LogP contribution in [-0.4, -0.2) is 62.1 Å². The Morgan fingerprint density at radius 1 is 0.909 bits per heavy atom. The molecule has 44 heavy (non-hydrogen) atoms. The molecule has 7 heteroatoms. The molecule has 2 aliphatic rings. The van der Waals surface area contributed by atoms with Gasteiger partial charge in [-0.25, -0.2) is 0 Å². The van der Waals surface area contributed by atoms with Crippen LogP contribution in [0.2, 0.25) is 5.02 Å². The molecule has 1 saturated carbocycles. The molecule has 5 rings (SSSR count). The lowest BCUT2D eigenvalue weighted by Crippen LogP contribution is -2.41. The van der Waals surface area contributed by atoms with E-state index in [1.807, 2.05) is 35.2 Å². The van der Waals surface area contributed by atoms with E-state index in [0.717, 1.165) is 28.8 Å². The third-order valence-electron chi connectivity index (χ3n) is 9.91. The van der Waals surface area contributed by atoms with Crippen LogP contribution in [0.15, 0.2) is 60.7 Å². The Labute approximate surface area is 268 Å². The summed E-state index contributed by atoms with van der Waals surface area (Å²) in [6, 6.07) is 21.7. The number of hydrogen-bond acceptors (Lipinski definition) is 5. The SMILES string of the molecule is CC[C@@H](C)Oc1cc2c(cc1OC)CC(=O)N(c1ccc(C(C)N(C)C3CCC(N(C)C)CC3)cc1)C2c1ccc(Cl)cc1. The highest BCUT2D eigenvalue weighted by Gasteiger charge is 2.36. The summed E-state index contributed by atoms with van der Waals surface area (Å²) in [5.41, 5.74) is 5.12. The molecule has 1 aliphatic heterocycles. The molecular formula is C37H48ClN3O3. The Kier molecular flexibility index (Phi) is 10.2. The largest absolute Gasteiger partial charge is 0.493 e. The van der Waals surface area contributed by atoms with Gasteiger partial charge in [0.1, 0.15) is 0 Å². The molecular weight excluding hydrogens is 570 g/mol. The summed E-state index contributed by atoms with van der Waals surface area (Å²) in [4.78, 5) is 20.8. The predicted octanol–water partition coefficient (Wildman–Crippen LogP) is 8.07. The molecule has 1 heterocycles. The summed E-state index contributed by atoms with van der Waals surface area (Å²) in [5.74, 6) is 1.39. The number of ether oxygens (including phenoxy) is 2. The van der Waals surface area contributed by atoms with Crippen molar-refractivity contribution in [3.63, 3.8) is 0 Å². The van der Waals surface area contributed by atoms with Crippen molar-refractivity contribution in [3.05, 3.63) is 87.9 Å². The highest BCUT2D eigenvalue weighted by Crippen LogP contribution is 2.44. The smallest absolute Gasteiger partial charge is 0.232 e. The minimum Gasteiger partial charge on any atom is -0.493 e. The van der Waals surface area contributed by atoms with Gasteiger partial charge in [0.05, 0.1) is 25.7 Å². The zero-order chi connectivity index (χ0) is 31.5. The third-order valence-corrected chi connectivity index (χ3v) is 10.2. The number of halogens is 1. The van der Waals surface area contributed by atoms with Gasteiger partial charge in [0, 0.05) is 28.8 Å². The van der Waals surface area contributed by atoms with Gasteiger partial charge in [-0.3, -0.25) is 9.69 Å². The highest BCUT2D eigenvalue weighted by molar-refractivity contribution is 6.30. The average molecular weight is 618 g/mol. The number of anilines is 1. The first-order chi connectivity index (χ1) is 21.1. The summed E-state index contributed by atoms with van der Waals surface area (Å²) >= 11 is 6.30. The van der Waals surface area contributed by atoms with Crippen molar-refractivity contribution in [2.24, 2.45) is 0 Å². The molecule has 0 radical (unpaired) electrons. The summed E-state index contributed by atoms with van der Waals surface area (Å²) in [6.07, 6.45) is 6.13. The number of fused-ring (bicyclic) bond motifs is 1. The lowest BCUT2D eigenvalue weighted by Gasteiger charge is -2.40. The van der Waals surface area contributed by atoms with Crippen molar-refractivity contribution in [2.45, 2.75) is 89.6 Å². The normalized spacial score (nSPS) is 21.7. The molecule has 0 saturated heterocycles. The first kappa shape index (κ1) is 32.3. The Morgan fingerprint density at radius 3 is 2.14 bits per heavy atom. The number of benzene rings is 3. The summed E-state index contributed by atoms with van der Waals surface area (Å²) < 4.78 is 12.0. The number of amides is 1. The zero-order valence-electron chi connectivity index (χ0n) is 27.3. The van der Waals surface area contributed by atoms with E-state index >= 15 is 0 Å². The van der Waals surface area contributed by atoms with Crippen LogP contribution in [0.3, 0.4) is 0 Å². The molecule has 3 aromatic rings. The number of hydrogen-bond donors (Lipinski definition) is 0. The van der Waals surface area contributed by atoms with E-state index in [1.54, 1.807) is 7.11 Å². The molecule has 3 atom stereocenters. The fourth-order valence-electron chi connectivity index (χ4n) is 6.82. The molecule has 3 aromatic carbocycles. The van der Waals surface area contributed by atoms with E-state index in [2.05, 4.69) is 82.0 Å². The molecule has 1 aliphatic carbocycles. The summed E-state index contributed by atoms with van der Waals surface area (Å²) in [5, 5.41) is 0.663. The molecule has 236 valence electrons. The standard InChI is InChI=1S/C37H48ClN3O3/c1-8-24(2)44-35-23-33-28(21-34(35)43-7)22-36(42)41(37(33)27-9-13-29(38)14-10-27)32-15-11-26(12-16-32)25(3)40(6)31-19-17-30(18-20-31)39(4)5/h9-16,21,23-25,30-31,37H,8,17-20,22H2,1-7H3/t24-,25?,30?,31?,37?/m1/s1. The Bertz CT molecular complexity index is 1420. The molecule has 0 aromatic heterocycles. The third kappa shape index (κ3) is 6.78. The molecule has 1 amide bonds. The van der Waals surface area contributed by atoms with Crippen molar-refractivity contribution < 1.29 is 14.3 Å². The van der Waals surface area contributed by atoms with E-state index in [4.69, 9.17) is 21.1 Å². The first-order valence-electron chi connectivity index (χ1n) is 16.0. The minimum absolute atomic E-state index is 0.0351. The second-order valence-electron chi connectivity index (χ2n) is 12.8. The topological polar surface area (TPSA) is 45.3 Å². The van der Waals surface area contributed by atoms with Gasteiger partial charge in [0.2, 0.25) is 5.91 Å². The highest BCUT2D eigenvalue weighted by atomic mass is 35.5. The first-order valence-corrected chi connectivity index (χ1v) is 16.4. The van der Waals surface area contributed by atoms with Crippen molar-refractivity contribution >= 4 is 23.2 Å². The van der Waals surface area contributed by atoms with Crippen LogP contribution in [0.5, 0.6) is 11.5 Å². The monoisotopic (exact) mass is 617 g/mol. The van der Waals surface area contributed by atoms with E-state index < -0.39 is 0 Å². The molecule has 1 fully saturated rings.